The number of nitrogens with zero attached hydrogens (tertiary/aromatic N) is 1. The highest BCUT2D eigenvalue weighted by Crippen LogP contribution is 2.26. The third-order valence-electron chi connectivity index (χ3n) is 4.01. The highest BCUT2D eigenvalue weighted by atomic mass is 16.3. The fraction of sp³-hybridized carbons (Fsp3) is 0.278. The number of benzene rings is 1. The van der Waals surface area contributed by atoms with Crippen molar-refractivity contribution < 1.29 is 18.8 Å². The van der Waals surface area contributed by atoms with E-state index in [9.17, 15) is 14.4 Å². The van der Waals surface area contributed by atoms with E-state index in [1.54, 1.807) is 47.6 Å². The minimum absolute atomic E-state index is 0.0922. The summed E-state index contributed by atoms with van der Waals surface area (Å²) in [6.07, 6.45) is 1.73. The van der Waals surface area contributed by atoms with E-state index in [0.29, 0.717) is 30.2 Å². The molecule has 1 aromatic heterocycles. The number of rotatable bonds is 5. The molecule has 2 heterocycles. The smallest absolute Gasteiger partial charge is 0.227 e. The van der Waals surface area contributed by atoms with Crippen LogP contribution < -0.4 is 15.5 Å². The van der Waals surface area contributed by atoms with Gasteiger partial charge in [-0.3, -0.25) is 14.4 Å². The average molecular weight is 341 g/mol. The lowest BCUT2D eigenvalue weighted by molar-refractivity contribution is -0.126. The molecule has 1 unspecified atom stereocenters. The number of hydrogen-bond donors (Lipinski definition) is 2. The summed E-state index contributed by atoms with van der Waals surface area (Å²) in [4.78, 5) is 37.1. The Kier molecular flexibility index (Phi) is 4.83. The van der Waals surface area contributed by atoms with Crippen molar-refractivity contribution in [3.63, 3.8) is 0 Å². The Morgan fingerprint density at radius 3 is 2.64 bits per heavy atom. The lowest BCUT2D eigenvalue weighted by atomic mass is 10.1. The molecule has 1 saturated heterocycles. The van der Waals surface area contributed by atoms with Gasteiger partial charge in [0.15, 0.2) is 0 Å². The van der Waals surface area contributed by atoms with E-state index in [4.69, 9.17) is 4.42 Å². The van der Waals surface area contributed by atoms with Crippen molar-refractivity contribution in [3.05, 3.63) is 48.4 Å². The van der Waals surface area contributed by atoms with Crippen molar-refractivity contribution in [2.45, 2.75) is 19.9 Å². The molecule has 130 valence electrons. The molecule has 2 N–H and O–H groups in total. The summed E-state index contributed by atoms with van der Waals surface area (Å²) in [6, 6.07) is 10.5. The van der Waals surface area contributed by atoms with Gasteiger partial charge in [0, 0.05) is 31.3 Å². The normalized spacial score (nSPS) is 16.8. The van der Waals surface area contributed by atoms with Crippen molar-refractivity contribution in [1.82, 2.24) is 5.32 Å². The lowest BCUT2D eigenvalue weighted by Gasteiger charge is -2.17. The molecule has 1 aliphatic heterocycles. The van der Waals surface area contributed by atoms with Gasteiger partial charge < -0.3 is 20.0 Å². The first-order valence-electron chi connectivity index (χ1n) is 8.01. The second kappa shape index (κ2) is 7.21. The Morgan fingerprint density at radius 1 is 1.24 bits per heavy atom. The number of hydrogen-bond acceptors (Lipinski definition) is 4. The zero-order valence-corrected chi connectivity index (χ0v) is 13.8. The van der Waals surface area contributed by atoms with E-state index < -0.39 is 5.92 Å². The maximum absolute atomic E-state index is 12.3. The molecule has 0 bridgehead atoms. The van der Waals surface area contributed by atoms with Crippen LogP contribution in [-0.2, 0) is 20.9 Å². The van der Waals surface area contributed by atoms with Crippen LogP contribution in [0.2, 0.25) is 0 Å². The minimum Gasteiger partial charge on any atom is -0.467 e. The second-order valence-corrected chi connectivity index (χ2v) is 5.93. The Labute approximate surface area is 145 Å². The van der Waals surface area contributed by atoms with E-state index in [1.807, 2.05) is 0 Å². The predicted molar refractivity (Wildman–Crippen MR) is 91.8 cm³/mol. The highest BCUT2D eigenvalue weighted by Gasteiger charge is 2.35. The predicted octanol–water partition coefficient (Wildman–Crippen LogP) is 1.91. The summed E-state index contributed by atoms with van der Waals surface area (Å²) in [5.41, 5.74) is 1.37. The van der Waals surface area contributed by atoms with Gasteiger partial charge in [0.2, 0.25) is 17.7 Å². The van der Waals surface area contributed by atoms with Gasteiger partial charge in [-0.1, -0.05) is 0 Å². The molecule has 25 heavy (non-hydrogen) atoms. The van der Waals surface area contributed by atoms with Gasteiger partial charge in [0.1, 0.15) is 5.76 Å². The maximum atomic E-state index is 12.3. The van der Waals surface area contributed by atoms with Crippen LogP contribution in [-0.4, -0.2) is 24.3 Å². The van der Waals surface area contributed by atoms with Gasteiger partial charge in [-0.25, -0.2) is 0 Å². The van der Waals surface area contributed by atoms with E-state index in [0.717, 1.165) is 0 Å². The summed E-state index contributed by atoms with van der Waals surface area (Å²) in [5.74, 6) is -0.133. The summed E-state index contributed by atoms with van der Waals surface area (Å²) in [7, 11) is 0. The minimum atomic E-state index is -0.391. The molecule has 1 fully saturated rings. The largest absolute Gasteiger partial charge is 0.467 e. The summed E-state index contributed by atoms with van der Waals surface area (Å²) in [6.45, 7) is 2.08. The van der Waals surface area contributed by atoms with Gasteiger partial charge in [0.25, 0.3) is 0 Å². The van der Waals surface area contributed by atoms with Crippen LogP contribution in [0.4, 0.5) is 11.4 Å². The molecule has 1 aliphatic rings. The van der Waals surface area contributed by atoms with Crippen molar-refractivity contribution >= 4 is 29.1 Å². The molecular weight excluding hydrogens is 322 g/mol. The first-order valence-corrected chi connectivity index (χ1v) is 8.01. The molecule has 1 atom stereocenters. The van der Waals surface area contributed by atoms with Crippen molar-refractivity contribution in [1.29, 1.82) is 0 Å². The molecule has 3 rings (SSSR count). The summed E-state index contributed by atoms with van der Waals surface area (Å²) >= 11 is 0. The third kappa shape index (κ3) is 4.06. The van der Waals surface area contributed by atoms with E-state index in [1.165, 1.54) is 6.92 Å². The number of furan rings is 1. The number of carbonyl (C=O) groups is 3. The molecule has 0 radical (unpaired) electrons. The van der Waals surface area contributed by atoms with E-state index >= 15 is 0 Å². The number of nitrogens with one attached hydrogen (secondary N) is 2. The molecule has 0 aliphatic carbocycles. The number of carbonyl (C=O) groups excluding carboxylic acids is 3. The Hall–Kier alpha value is -3.09. The molecule has 7 nitrogen and oxygen atoms in total. The van der Waals surface area contributed by atoms with Crippen LogP contribution in [0, 0.1) is 5.92 Å². The summed E-state index contributed by atoms with van der Waals surface area (Å²) < 4.78 is 5.17. The first kappa shape index (κ1) is 16.8. The zero-order valence-electron chi connectivity index (χ0n) is 13.8. The van der Waals surface area contributed by atoms with Gasteiger partial charge >= 0.3 is 0 Å². The SMILES string of the molecule is CC(=O)Nc1ccc(N2CC(C(=O)NCc3ccco3)CC2=O)cc1. The quantitative estimate of drug-likeness (QED) is 0.869. The Bertz CT molecular complexity index is 768. The van der Waals surface area contributed by atoms with Gasteiger partial charge in [-0.2, -0.15) is 0 Å². The van der Waals surface area contributed by atoms with Crippen molar-refractivity contribution in [2.24, 2.45) is 5.92 Å². The standard InChI is InChI=1S/C18H19N3O4/c1-12(22)20-14-4-6-15(7-5-14)21-11-13(9-17(21)23)18(24)19-10-16-3-2-8-25-16/h2-8,13H,9-11H2,1H3,(H,19,24)(H,20,22). The second-order valence-electron chi connectivity index (χ2n) is 5.93. The Balaban J connectivity index is 1.59. The zero-order chi connectivity index (χ0) is 17.8. The van der Waals surface area contributed by atoms with Gasteiger partial charge in [-0.05, 0) is 36.4 Å². The molecule has 0 saturated carbocycles. The number of anilines is 2. The lowest BCUT2D eigenvalue weighted by Crippen LogP contribution is -2.32. The fourth-order valence-corrected chi connectivity index (χ4v) is 2.79. The van der Waals surface area contributed by atoms with Crippen LogP contribution >= 0.6 is 0 Å². The Morgan fingerprint density at radius 2 is 2.00 bits per heavy atom. The first-order chi connectivity index (χ1) is 12.0. The van der Waals surface area contributed by atoms with E-state index in [2.05, 4.69) is 10.6 Å². The van der Waals surface area contributed by atoms with Crippen molar-refractivity contribution in [3.8, 4) is 0 Å². The van der Waals surface area contributed by atoms with Crippen LogP contribution in [0.15, 0.2) is 47.1 Å². The van der Waals surface area contributed by atoms with Crippen LogP contribution in [0.1, 0.15) is 19.1 Å². The molecule has 0 spiro atoms. The molecule has 3 amide bonds. The summed E-state index contributed by atoms with van der Waals surface area (Å²) in [5, 5.41) is 5.47. The van der Waals surface area contributed by atoms with Gasteiger partial charge in [0.05, 0.1) is 18.7 Å². The molecule has 7 heteroatoms. The molecule has 1 aromatic carbocycles. The van der Waals surface area contributed by atoms with Crippen LogP contribution in [0.3, 0.4) is 0 Å². The van der Waals surface area contributed by atoms with Crippen LogP contribution in [0.25, 0.3) is 0 Å². The highest BCUT2D eigenvalue weighted by molar-refractivity contribution is 6.00. The van der Waals surface area contributed by atoms with Gasteiger partial charge in [-0.15, -0.1) is 0 Å². The fourth-order valence-electron chi connectivity index (χ4n) is 2.79. The maximum Gasteiger partial charge on any atom is 0.227 e. The van der Waals surface area contributed by atoms with Crippen LogP contribution in [0.5, 0.6) is 0 Å². The van der Waals surface area contributed by atoms with E-state index in [-0.39, 0.29) is 24.1 Å². The monoisotopic (exact) mass is 341 g/mol. The topological polar surface area (TPSA) is 91.7 Å². The number of amides is 3. The molecule has 2 aromatic rings. The van der Waals surface area contributed by atoms with Crippen molar-refractivity contribution in [2.75, 3.05) is 16.8 Å². The third-order valence-corrected chi connectivity index (χ3v) is 4.01. The average Bonchev–Trinajstić information content (AvgIpc) is 3.22. The molecular formula is C18H19N3O4.